The van der Waals surface area contributed by atoms with Crippen molar-refractivity contribution >= 4 is 23.6 Å². The van der Waals surface area contributed by atoms with Crippen LogP contribution in [0, 0.1) is 5.92 Å². The summed E-state index contributed by atoms with van der Waals surface area (Å²) in [4.78, 5) is 29.1. The van der Waals surface area contributed by atoms with Crippen molar-refractivity contribution in [3.05, 3.63) is 11.6 Å². The Labute approximate surface area is 143 Å². The van der Waals surface area contributed by atoms with Gasteiger partial charge in [-0.15, -0.1) is 11.8 Å². The first kappa shape index (κ1) is 18.3. The van der Waals surface area contributed by atoms with Crippen molar-refractivity contribution in [2.75, 3.05) is 37.9 Å². The Kier molecular flexibility index (Phi) is 6.96. The van der Waals surface area contributed by atoms with E-state index in [9.17, 15) is 9.59 Å². The van der Waals surface area contributed by atoms with E-state index in [4.69, 9.17) is 4.74 Å². The number of ether oxygens (including phenoxy) is 1. The van der Waals surface area contributed by atoms with Crippen LogP contribution in [-0.4, -0.2) is 65.6 Å². The zero-order valence-corrected chi connectivity index (χ0v) is 15.2. The molecule has 130 valence electrons. The van der Waals surface area contributed by atoms with Gasteiger partial charge >= 0.3 is 0 Å². The van der Waals surface area contributed by atoms with E-state index in [0.29, 0.717) is 24.1 Å². The van der Waals surface area contributed by atoms with Crippen molar-refractivity contribution in [1.82, 2.24) is 9.80 Å². The number of nitrogens with zero attached hydrogens (tertiary/aromatic N) is 2. The fourth-order valence-electron chi connectivity index (χ4n) is 3.09. The molecule has 0 radical (unpaired) electrons. The van der Waals surface area contributed by atoms with E-state index in [1.165, 1.54) is 0 Å². The Bertz CT molecular complexity index is 461. The van der Waals surface area contributed by atoms with Gasteiger partial charge in [-0.1, -0.05) is 13.0 Å². The molecule has 2 heterocycles. The predicted molar refractivity (Wildman–Crippen MR) is 93.2 cm³/mol. The average Bonchev–Trinajstić information content (AvgIpc) is 3.22. The van der Waals surface area contributed by atoms with Gasteiger partial charge in [0, 0.05) is 36.9 Å². The normalized spacial score (nSPS) is 25.0. The molecule has 2 rings (SSSR count). The lowest BCUT2D eigenvalue weighted by Crippen LogP contribution is -2.50. The third kappa shape index (κ3) is 4.51. The predicted octanol–water partition coefficient (Wildman–Crippen LogP) is 2.13. The highest BCUT2D eigenvalue weighted by atomic mass is 32.2. The topological polar surface area (TPSA) is 49.9 Å². The number of likely N-dealkylation sites (N-methyl/N-ethyl adjacent to an activating group) is 1. The highest BCUT2D eigenvalue weighted by Crippen LogP contribution is 2.25. The quantitative estimate of drug-likeness (QED) is 0.695. The smallest absolute Gasteiger partial charge is 0.250 e. The first-order valence-electron chi connectivity index (χ1n) is 8.50. The van der Waals surface area contributed by atoms with Gasteiger partial charge in [-0.2, -0.15) is 0 Å². The largest absolute Gasteiger partial charge is 0.381 e. The summed E-state index contributed by atoms with van der Waals surface area (Å²) in [5.41, 5.74) is 0.736. The summed E-state index contributed by atoms with van der Waals surface area (Å²) >= 11 is 1.66. The van der Waals surface area contributed by atoms with Crippen LogP contribution < -0.4 is 0 Å². The lowest BCUT2D eigenvalue weighted by molar-refractivity contribution is -0.142. The molecule has 23 heavy (non-hydrogen) atoms. The van der Waals surface area contributed by atoms with Crippen molar-refractivity contribution < 1.29 is 14.3 Å². The number of allylic oxidation sites excluding steroid dienone is 1. The molecule has 5 nitrogen and oxygen atoms in total. The van der Waals surface area contributed by atoms with Crippen LogP contribution in [0.2, 0.25) is 0 Å². The van der Waals surface area contributed by atoms with Crippen LogP contribution in [0.15, 0.2) is 11.6 Å². The highest BCUT2D eigenvalue weighted by Gasteiger charge is 2.37. The molecule has 0 aromatic carbocycles. The van der Waals surface area contributed by atoms with Crippen LogP contribution in [0.4, 0.5) is 0 Å². The average molecular weight is 340 g/mol. The Morgan fingerprint density at radius 2 is 2.17 bits per heavy atom. The molecule has 2 aliphatic heterocycles. The third-order valence-electron chi connectivity index (χ3n) is 4.47. The van der Waals surface area contributed by atoms with E-state index in [0.717, 1.165) is 38.2 Å². The van der Waals surface area contributed by atoms with Crippen LogP contribution in [0.25, 0.3) is 0 Å². The van der Waals surface area contributed by atoms with Crippen LogP contribution in [0.3, 0.4) is 0 Å². The zero-order chi connectivity index (χ0) is 16.8. The van der Waals surface area contributed by atoms with Crippen molar-refractivity contribution in [1.29, 1.82) is 0 Å². The van der Waals surface area contributed by atoms with Crippen LogP contribution in [0.1, 0.15) is 33.6 Å². The summed E-state index contributed by atoms with van der Waals surface area (Å²) in [5, 5.41) is 0. The van der Waals surface area contributed by atoms with Gasteiger partial charge in [-0.05, 0) is 26.7 Å². The van der Waals surface area contributed by atoms with Gasteiger partial charge < -0.3 is 14.5 Å². The summed E-state index contributed by atoms with van der Waals surface area (Å²) in [7, 11) is 0. The molecule has 0 aromatic rings. The van der Waals surface area contributed by atoms with E-state index in [1.807, 2.05) is 31.7 Å². The number of thioether (sulfide) groups is 1. The van der Waals surface area contributed by atoms with Crippen LogP contribution >= 0.6 is 11.8 Å². The summed E-state index contributed by atoms with van der Waals surface area (Å²) in [5.74, 6) is 1.81. The summed E-state index contributed by atoms with van der Waals surface area (Å²) in [6.07, 6.45) is 3.78. The fourth-order valence-corrected chi connectivity index (χ4v) is 4.24. The van der Waals surface area contributed by atoms with E-state index in [-0.39, 0.29) is 17.9 Å². The minimum Gasteiger partial charge on any atom is -0.381 e. The zero-order valence-electron chi connectivity index (χ0n) is 14.4. The molecular formula is C17H28N2O3S. The number of hydrogen-bond donors (Lipinski definition) is 0. The van der Waals surface area contributed by atoms with Gasteiger partial charge in [0.05, 0.1) is 12.5 Å². The van der Waals surface area contributed by atoms with Gasteiger partial charge in [0.15, 0.2) is 0 Å². The molecule has 0 unspecified atom stereocenters. The fraction of sp³-hybridized carbons (Fsp3) is 0.765. The van der Waals surface area contributed by atoms with Gasteiger partial charge in [-0.3, -0.25) is 9.59 Å². The molecule has 0 N–H and O–H groups in total. The van der Waals surface area contributed by atoms with Crippen molar-refractivity contribution in [2.24, 2.45) is 5.92 Å². The molecule has 0 bridgehead atoms. The molecule has 2 atom stereocenters. The van der Waals surface area contributed by atoms with Gasteiger partial charge in [0.25, 0.3) is 5.91 Å². The van der Waals surface area contributed by atoms with E-state index in [1.54, 1.807) is 16.7 Å². The number of carbonyl (C=O) groups is 2. The van der Waals surface area contributed by atoms with Crippen molar-refractivity contribution in [3.63, 3.8) is 0 Å². The van der Waals surface area contributed by atoms with Gasteiger partial charge in [0.2, 0.25) is 5.91 Å². The Balaban J connectivity index is 2.03. The van der Waals surface area contributed by atoms with Crippen molar-refractivity contribution in [3.8, 4) is 0 Å². The molecule has 2 fully saturated rings. The Morgan fingerprint density at radius 3 is 2.78 bits per heavy atom. The molecule has 0 aliphatic carbocycles. The second-order valence-corrected chi connectivity index (χ2v) is 7.19. The van der Waals surface area contributed by atoms with E-state index >= 15 is 0 Å². The summed E-state index contributed by atoms with van der Waals surface area (Å²) in [6, 6.07) is -0.324. The van der Waals surface area contributed by atoms with Gasteiger partial charge in [-0.25, -0.2) is 0 Å². The minimum atomic E-state index is -0.324. The Morgan fingerprint density at radius 1 is 1.39 bits per heavy atom. The number of carbonyl (C=O) groups excluding carboxylic acids is 2. The lowest BCUT2D eigenvalue weighted by Gasteiger charge is -2.30. The molecule has 2 saturated heterocycles. The molecule has 0 saturated carbocycles. The second-order valence-electron chi connectivity index (χ2n) is 6.19. The van der Waals surface area contributed by atoms with E-state index < -0.39 is 0 Å². The summed E-state index contributed by atoms with van der Waals surface area (Å²) in [6.45, 7) is 8.81. The molecule has 6 heteroatoms. The van der Waals surface area contributed by atoms with Crippen LogP contribution in [0.5, 0.6) is 0 Å². The molecular weight excluding hydrogens is 312 g/mol. The van der Waals surface area contributed by atoms with Crippen molar-refractivity contribution in [2.45, 2.75) is 39.7 Å². The second kappa shape index (κ2) is 8.73. The molecule has 2 aliphatic rings. The maximum absolute atomic E-state index is 12.9. The minimum absolute atomic E-state index is 0.00421. The first-order valence-corrected chi connectivity index (χ1v) is 9.65. The first-order chi connectivity index (χ1) is 11.1. The SMILES string of the molecule is CC/C=C(\C)C(=O)N1CSC[C@@H]1C(=O)N(CC)C[C@H]1CCOC1. The van der Waals surface area contributed by atoms with Gasteiger partial charge in [0.1, 0.15) is 6.04 Å². The molecule has 0 aromatic heterocycles. The lowest BCUT2D eigenvalue weighted by atomic mass is 10.1. The number of hydrogen-bond acceptors (Lipinski definition) is 4. The standard InChI is InChI=1S/C17H28N2O3S/c1-4-6-13(3)16(20)19-12-23-11-15(19)17(21)18(5-2)9-14-7-8-22-10-14/h6,14-15H,4-5,7-12H2,1-3H3/b13-6+/t14-,15-/m1/s1. The summed E-state index contributed by atoms with van der Waals surface area (Å²) < 4.78 is 5.41. The highest BCUT2D eigenvalue weighted by molar-refractivity contribution is 7.99. The third-order valence-corrected chi connectivity index (χ3v) is 5.48. The molecule has 2 amide bonds. The van der Waals surface area contributed by atoms with E-state index in [2.05, 4.69) is 0 Å². The molecule has 0 spiro atoms. The maximum atomic E-state index is 12.9. The Hall–Kier alpha value is -1.01. The number of rotatable bonds is 6. The maximum Gasteiger partial charge on any atom is 0.250 e. The number of amides is 2. The monoisotopic (exact) mass is 340 g/mol. The van der Waals surface area contributed by atoms with Crippen LogP contribution in [-0.2, 0) is 14.3 Å².